The zero-order valence-corrected chi connectivity index (χ0v) is 12.0. The van der Waals surface area contributed by atoms with E-state index in [0.717, 1.165) is 0 Å². The summed E-state index contributed by atoms with van der Waals surface area (Å²) in [5.41, 5.74) is -0.683. The summed E-state index contributed by atoms with van der Waals surface area (Å²) in [6, 6.07) is -1.77. The molecule has 118 valence electrons. The molecule has 0 fully saturated rings. The Morgan fingerprint density at radius 3 is 2.10 bits per heavy atom. The van der Waals surface area contributed by atoms with Gasteiger partial charge in [0.15, 0.2) is 0 Å². The van der Waals surface area contributed by atoms with Crippen LogP contribution in [-0.2, 0) is 4.79 Å². The molecule has 0 aliphatic carbocycles. The lowest BCUT2D eigenvalue weighted by Gasteiger charge is -2.36. The quantitative estimate of drug-likeness (QED) is 0.819. The summed E-state index contributed by atoms with van der Waals surface area (Å²) in [5.74, 6) is -1.07. The van der Waals surface area contributed by atoms with Gasteiger partial charge in [-0.15, -0.1) is 0 Å². The van der Waals surface area contributed by atoms with Crippen LogP contribution in [0.15, 0.2) is 0 Å². The Balaban J connectivity index is 4.67. The molecule has 8 heteroatoms. The van der Waals surface area contributed by atoms with Crippen molar-refractivity contribution in [1.29, 1.82) is 0 Å². The Labute approximate surface area is 116 Å². The molecule has 0 saturated carbocycles. The SMILES string of the molecule is CC(CC(F)(F)F)NC(=O)N(CCC(=O)O)C(C)(C)C. The fourth-order valence-corrected chi connectivity index (χ4v) is 1.64. The Morgan fingerprint density at radius 1 is 1.25 bits per heavy atom. The van der Waals surface area contributed by atoms with Crippen molar-refractivity contribution in [3.63, 3.8) is 0 Å². The molecule has 0 heterocycles. The van der Waals surface area contributed by atoms with Crippen LogP contribution in [-0.4, -0.2) is 46.3 Å². The highest BCUT2D eigenvalue weighted by Gasteiger charge is 2.33. The smallest absolute Gasteiger partial charge is 0.391 e. The number of hydrogen-bond acceptors (Lipinski definition) is 2. The van der Waals surface area contributed by atoms with Gasteiger partial charge in [0.2, 0.25) is 0 Å². The molecule has 2 amide bonds. The lowest BCUT2D eigenvalue weighted by molar-refractivity contribution is -0.138. The average Bonchev–Trinajstić information content (AvgIpc) is 2.10. The molecule has 0 spiro atoms. The topological polar surface area (TPSA) is 69.6 Å². The van der Waals surface area contributed by atoms with Gasteiger partial charge in [0.1, 0.15) is 0 Å². The lowest BCUT2D eigenvalue weighted by Crippen LogP contribution is -2.53. The third kappa shape index (κ3) is 7.85. The normalized spacial score (nSPS) is 13.8. The van der Waals surface area contributed by atoms with Gasteiger partial charge in [-0.2, -0.15) is 13.2 Å². The molecule has 0 radical (unpaired) electrons. The zero-order valence-electron chi connectivity index (χ0n) is 12.0. The number of nitrogens with zero attached hydrogens (tertiary/aromatic N) is 1. The second-order valence-corrected chi connectivity index (χ2v) is 5.64. The molecule has 0 saturated heterocycles. The van der Waals surface area contributed by atoms with E-state index in [2.05, 4.69) is 5.32 Å². The van der Waals surface area contributed by atoms with E-state index in [4.69, 9.17) is 5.11 Å². The molecule has 20 heavy (non-hydrogen) atoms. The van der Waals surface area contributed by atoms with Gasteiger partial charge in [-0.3, -0.25) is 4.79 Å². The van der Waals surface area contributed by atoms with E-state index in [-0.39, 0.29) is 13.0 Å². The van der Waals surface area contributed by atoms with E-state index in [9.17, 15) is 22.8 Å². The van der Waals surface area contributed by atoms with Gasteiger partial charge in [0.25, 0.3) is 0 Å². The minimum Gasteiger partial charge on any atom is -0.481 e. The van der Waals surface area contributed by atoms with Crippen LogP contribution in [0.5, 0.6) is 0 Å². The lowest BCUT2D eigenvalue weighted by atomic mass is 10.1. The number of alkyl halides is 3. The van der Waals surface area contributed by atoms with Gasteiger partial charge >= 0.3 is 18.2 Å². The fraction of sp³-hybridized carbons (Fsp3) is 0.833. The van der Waals surface area contributed by atoms with Crippen molar-refractivity contribution < 1.29 is 27.9 Å². The molecule has 0 rings (SSSR count). The van der Waals surface area contributed by atoms with E-state index < -0.39 is 36.2 Å². The first-order valence-corrected chi connectivity index (χ1v) is 6.19. The van der Waals surface area contributed by atoms with Crippen LogP contribution in [0, 0.1) is 0 Å². The van der Waals surface area contributed by atoms with Crippen molar-refractivity contribution >= 4 is 12.0 Å². The minimum atomic E-state index is -4.36. The third-order valence-corrected chi connectivity index (χ3v) is 2.51. The summed E-state index contributed by atoms with van der Waals surface area (Å²) in [6.45, 7) is 6.24. The van der Waals surface area contributed by atoms with E-state index in [0.29, 0.717) is 0 Å². The molecule has 0 bridgehead atoms. The number of aliphatic carboxylic acids is 1. The number of nitrogens with one attached hydrogen (secondary N) is 1. The van der Waals surface area contributed by atoms with Gasteiger partial charge in [0.05, 0.1) is 12.8 Å². The second-order valence-electron chi connectivity index (χ2n) is 5.64. The Kier molecular flexibility index (Phi) is 6.31. The molecule has 0 aromatic rings. The van der Waals surface area contributed by atoms with Crippen LogP contribution in [0.2, 0.25) is 0 Å². The minimum absolute atomic E-state index is 0.0661. The molecular formula is C12H21F3N2O3. The Hall–Kier alpha value is -1.47. The van der Waals surface area contributed by atoms with Crippen molar-refractivity contribution in [2.75, 3.05) is 6.54 Å². The summed E-state index contributed by atoms with van der Waals surface area (Å²) in [4.78, 5) is 23.7. The van der Waals surface area contributed by atoms with Gasteiger partial charge in [0, 0.05) is 18.1 Å². The van der Waals surface area contributed by atoms with Gasteiger partial charge in [-0.25, -0.2) is 4.79 Å². The molecular weight excluding hydrogens is 277 g/mol. The Morgan fingerprint density at radius 2 is 1.75 bits per heavy atom. The summed E-state index contributed by atoms with van der Waals surface area (Å²) < 4.78 is 36.6. The zero-order chi connectivity index (χ0) is 16.1. The highest BCUT2D eigenvalue weighted by molar-refractivity contribution is 5.76. The fourth-order valence-electron chi connectivity index (χ4n) is 1.64. The number of carboxylic acid groups (broad SMARTS) is 1. The van der Waals surface area contributed by atoms with Crippen molar-refractivity contribution in [3.8, 4) is 0 Å². The number of rotatable bonds is 5. The molecule has 1 atom stereocenters. The number of amides is 2. The maximum absolute atomic E-state index is 12.2. The van der Waals surface area contributed by atoms with Gasteiger partial charge in [-0.05, 0) is 27.7 Å². The number of urea groups is 1. The van der Waals surface area contributed by atoms with Crippen LogP contribution in [0.3, 0.4) is 0 Å². The maximum atomic E-state index is 12.2. The van der Waals surface area contributed by atoms with E-state index >= 15 is 0 Å². The first-order valence-electron chi connectivity index (χ1n) is 6.19. The first-order chi connectivity index (χ1) is 8.83. The standard InChI is InChI=1S/C12H21F3N2O3/c1-8(7-12(13,14)15)16-10(20)17(11(2,3)4)6-5-9(18)19/h8H,5-7H2,1-4H3,(H,16,20)(H,18,19). The number of carbonyl (C=O) groups excluding carboxylic acids is 1. The molecule has 0 aromatic heterocycles. The van der Waals surface area contributed by atoms with Crippen molar-refractivity contribution in [3.05, 3.63) is 0 Å². The summed E-state index contributed by atoms with van der Waals surface area (Å²) in [5, 5.41) is 10.9. The summed E-state index contributed by atoms with van der Waals surface area (Å²) >= 11 is 0. The summed E-state index contributed by atoms with van der Waals surface area (Å²) in [6.07, 6.45) is -5.76. The van der Waals surface area contributed by atoms with E-state index in [1.807, 2.05) is 0 Å². The van der Waals surface area contributed by atoms with E-state index in [1.165, 1.54) is 11.8 Å². The van der Waals surface area contributed by atoms with Crippen molar-refractivity contribution in [1.82, 2.24) is 10.2 Å². The number of hydrogen-bond donors (Lipinski definition) is 2. The summed E-state index contributed by atoms with van der Waals surface area (Å²) in [7, 11) is 0. The second kappa shape index (κ2) is 6.81. The molecule has 5 nitrogen and oxygen atoms in total. The van der Waals surface area contributed by atoms with Crippen LogP contribution in [0.25, 0.3) is 0 Å². The highest BCUT2D eigenvalue weighted by atomic mass is 19.4. The van der Waals surface area contributed by atoms with E-state index in [1.54, 1.807) is 20.8 Å². The maximum Gasteiger partial charge on any atom is 0.391 e. The average molecular weight is 298 g/mol. The van der Waals surface area contributed by atoms with Crippen LogP contribution >= 0.6 is 0 Å². The monoisotopic (exact) mass is 298 g/mol. The molecule has 2 N–H and O–H groups in total. The van der Waals surface area contributed by atoms with Gasteiger partial charge < -0.3 is 15.3 Å². The van der Waals surface area contributed by atoms with Crippen molar-refractivity contribution in [2.24, 2.45) is 0 Å². The van der Waals surface area contributed by atoms with Crippen LogP contribution in [0.1, 0.15) is 40.5 Å². The third-order valence-electron chi connectivity index (χ3n) is 2.51. The molecule has 0 aromatic carbocycles. The number of halogens is 3. The first kappa shape index (κ1) is 18.5. The Bertz CT molecular complexity index is 351. The van der Waals surface area contributed by atoms with Gasteiger partial charge in [-0.1, -0.05) is 0 Å². The number of carbonyl (C=O) groups is 2. The van der Waals surface area contributed by atoms with Crippen LogP contribution < -0.4 is 5.32 Å². The molecule has 0 aliphatic rings. The predicted molar refractivity (Wildman–Crippen MR) is 67.4 cm³/mol. The highest BCUT2D eigenvalue weighted by Crippen LogP contribution is 2.22. The van der Waals surface area contributed by atoms with Crippen LogP contribution in [0.4, 0.5) is 18.0 Å². The van der Waals surface area contributed by atoms with Crippen molar-refractivity contribution in [2.45, 2.75) is 58.3 Å². The molecule has 0 aliphatic heterocycles. The largest absolute Gasteiger partial charge is 0.481 e. The predicted octanol–water partition coefficient (Wildman–Crippen LogP) is 2.61. The molecule has 1 unspecified atom stereocenters. The number of carboxylic acids is 1.